The average molecular weight is 393 g/mol. The van der Waals surface area contributed by atoms with E-state index in [0.29, 0.717) is 28.0 Å². The van der Waals surface area contributed by atoms with E-state index in [0.717, 1.165) is 5.75 Å². The summed E-state index contributed by atoms with van der Waals surface area (Å²) in [6.07, 6.45) is -2.69. The summed E-state index contributed by atoms with van der Waals surface area (Å²) in [6, 6.07) is 21.2. The molecule has 0 unspecified atom stereocenters. The van der Waals surface area contributed by atoms with E-state index >= 15 is 0 Å². The van der Waals surface area contributed by atoms with E-state index in [1.165, 1.54) is 11.0 Å². The Balaban J connectivity index is 1.52. The average Bonchev–Trinajstić information content (AvgIpc) is 3.18. The lowest BCUT2D eigenvalue weighted by molar-refractivity contribution is 0.0993. The summed E-state index contributed by atoms with van der Waals surface area (Å²) in [6.45, 7) is 0. The minimum atomic E-state index is -2.69. The van der Waals surface area contributed by atoms with Crippen molar-refractivity contribution in [1.82, 2.24) is 9.97 Å². The molecule has 1 heterocycles. The molecule has 4 rings (SSSR count). The van der Waals surface area contributed by atoms with Crippen molar-refractivity contribution >= 4 is 22.6 Å². The zero-order chi connectivity index (χ0) is 20.4. The first-order chi connectivity index (χ1) is 14.0. The first kappa shape index (κ1) is 18.6. The summed E-state index contributed by atoms with van der Waals surface area (Å²) in [7, 11) is 1.65. The van der Waals surface area contributed by atoms with Gasteiger partial charge in [0.15, 0.2) is 5.82 Å². The Hall–Kier alpha value is -3.74. The molecule has 146 valence electrons. The highest BCUT2D eigenvalue weighted by molar-refractivity contribution is 6.07. The molecule has 0 radical (unpaired) electrons. The van der Waals surface area contributed by atoms with E-state index in [1.54, 1.807) is 43.4 Å². The van der Waals surface area contributed by atoms with Gasteiger partial charge in [-0.2, -0.15) is 0 Å². The van der Waals surface area contributed by atoms with Crippen molar-refractivity contribution in [1.29, 1.82) is 0 Å². The molecular formula is C22H17F2N3O2. The van der Waals surface area contributed by atoms with Gasteiger partial charge in [-0.15, -0.1) is 0 Å². The molecule has 29 heavy (non-hydrogen) atoms. The second-order valence-electron chi connectivity index (χ2n) is 6.43. The zero-order valence-electron chi connectivity index (χ0n) is 15.5. The fourth-order valence-electron chi connectivity index (χ4n) is 2.94. The summed E-state index contributed by atoms with van der Waals surface area (Å²) < 4.78 is 31.4. The van der Waals surface area contributed by atoms with Crippen LogP contribution in [0.15, 0.2) is 72.8 Å². The van der Waals surface area contributed by atoms with Gasteiger partial charge < -0.3 is 14.6 Å². The van der Waals surface area contributed by atoms with Gasteiger partial charge in [-0.05, 0) is 54.6 Å². The van der Waals surface area contributed by atoms with Crippen LogP contribution in [0.4, 0.5) is 14.5 Å². The third-order valence-electron chi connectivity index (χ3n) is 4.46. The van der Waals surface area contributed by atoms with Gasteiger partial charge in [0, 0.05) is 18.3 Å². The number of benzene rings is 3. The lowest BCUT2D eigenvalue weighted by atomic mass is 10.1. The van der Waals surface area contributed by atoms with Crippen LogP contribution in [0.2, 0.25) is 0 Å². The number of ether oxygens (including phenoxy) is 1. The van der Waals surface area contributed by atoms with Crippen LogP contribution in [0.25, 0.3) is 11.0 Å². The lowest BCUT2D eigenvalue weighted by Gasteiger charge is -2.18. The standard InChI is InChI=1S/C22H17F2N3O2/c1-27(15-8-10-17(11-9-15)29-16-5-3-2-4-6-16)22(28)14-7-12-18-19(13-14)26-21(25-18)20(23)24/h2-13,20H,1H3,(H,25,26). The number of anilines is 1. The van der Waals surface area contributed by atoms with Gasteiger partial charge in [-0.25, -0.2) is 13.8 Å². The molecule has 1 amide bonds. The predicted octanol–water partition coefficient (Wildman–Crippen LogP) is 5.57. The number of fused-ring (bicyclic) bond motifs is 1. The van der Waals surface area contributed by atoms with E-state index in [1.807, 2.05) is 30.3 Å². The van der Waals surface area contributed by atoms with Crippen LogP contribution < -0.4 is 9.64 Å². The number of carbonyl (C=O) groups excluding carboxylic acids is 1. The Kier molecular flexibility index (Phi) is 4.95. The molecule has 1 aromatic heterocycles. The van der Waals surface area contributed by atoms with E-state index in [2.05, 4.69) is 9.97 Å². The number of amides is 1. The molecule has 0 atom stereocenters. The Labute approximate surface area is 165 Å². The van der Waals surface area contributed by atoms with Crippen molar-refractivity contribution < 1.29 is 18.3 Å². The summed E-state index contributed by atoms with van der Waals surface area (Å²) >= 11 is 0. The predicted molar refractivity (Wildman–Crippen MR) is 107 cm³/mol. The molecule has 0 saturated heterocycles. The molecule has 0 aliphatic heterocycles. The SMILES string of the molecule is CN(C(=O)c1ccc2nc(C(F)F)[nH]c2c1)c1ccc(Oc2ccccc2)cc1. The molecule has 7 heteroatoms. The number of halogens is 2. The Bertz CT molecular complexity index is 1140. The molecule has 0 bridgehead atoms. The summed E-state index contributed by atoms with van der Waals surface area (Å²) in [5, 5.41) is 0. The number of nitrogens with zero attached hydrogens (tertiary/aromatic N) is 2. The van der Waals surface area contributed by atoms with Crippen LogP contribution in [0.1, 0.15) is 22.6 Å². The monoisotopic (exact) mass is 393 g/mol. The number of alkyl halides is 2. The second kappa shape index (κ2) is 7.71. The molecule has 3 aromatic carbocycles. The van der Waals surface area contributed by atoms with Gasteiger partial charge in [-0.1, -0.05) is 18.2 Å². The van der Waals surface area contributed by atoms with Crippen molar-refractivity contribution in [3.05, 3.63) is 84.2 Å². The van der Waals surface area contributed by atoms with Crippen LogP contribution in [-0.2, 0) is 0 Å². The Morgan fingerprint density at radius 1 is 1.00 bits per heavy atom. The smallest absolute Gasteiger partial charge is 0.295 e. The fraction of sp³-hybridized carbons (Fsp3) is 0.0909. The zero-order valence-corrected chi connectivity index (χ0v) is 15.5. The normalized spacial score (nSPS) is 11.0. The van der Waals surface area contributed by atoms with E-state index < -0.39 is 12.2 Å². The number of nitrogens with one attached hydrogen (secondary N) is 1. The summed E-state index contributed by atoms with van der Waals surface area (Å²) in [4.78, 5) is 20.7. The number of carbonyl (C=O) groups is 1. The number of H-pyrrole nitrogens is 1. The highest BCUT2D eigenvalue weighted by atomic mass is 19.3. The molecule has 0 spiro atoms. The van der Waals surface area contributed by atoms with E-state index in [9.17, 15) is 13.6 Å². The molecule has 0 aliphatic rings. The molecular weight excluding hydrogens is 376 g/mol. The topological polar surface area (TPSA) is 58.2 Å². The van der Waals surface area contributed by atoms with Gasteiger partial charge in [0.2, 0.25) is 0 Å². The first-order valence-electron chi connectivity index (χ1n) is 8.90. The second-order valence-corrected chi connectivity index (χ2v) is 6.43. The third kappa shape index (κ3) is 3.94. The number of aromatic amines is 1. The summed E-state index contributed by atoms with van der Waals surface area (Å²) in [5.74, 6) is 0.698. The van der Waals surface area contributed by atoms with Crippen LogP contribution in [0, 0.1) is 0 Å². The van der Waals surface area contributed by atoms with Crippen LogP contribution in [-0.4, -0.2) is 22.9 Å². The van der Waals surface area contributed by atoms with Gasteiger partial charge in [0.1, 0.15) is 11.5 Å². The number of hydrogen-bond acceptors (Lipinski definition) is 3. The number of hydrogen-bond donors (Lipinski definition) is 1. The van der Waals surface area contributed by atoms with Crippen molar-refractivity contribution in [3.63, 3.8) is 0 Å². The van der Waals surface area contributed by atoms with Crippen LogP contribution in [0.3, 0.4) is 0 Å². The van der Waals surface area contributed by atoms with Crippen LogP contribution in [0.5, 0.6) is 11.5 Å². The van der Waals surface area contributed by atoms with Crippen molar-refractivity contribution in [2.45, 2.75) is 6.43 Å². The van der Waals surface area contributed by atoms with Gasteiger partial charge in [-0.3, -0.25) is 4.79 Å². The maximum atomic E-state index is 12.8. The number of aromatic nitrogens is 2. The minimum absolute atomic E-state index is 0.267. The molecule has 1 N–H and O–H groups in total. The Morgan fingerprint density at radius 2 is 1.69 bits per heavy atom. The molecule has 0 fully saturated rings. The first-order valence-corrected chi connectivity index (χ1v) is 8.90. The maximum Gasteiger partial charge on any atom is 0.295 e. The minimum Gasteiger partial charge on any atom is -0.457 e. The Morgan fingerprint density at radius 3 is 2.38 bits per heavy atom. The quantitative estimate of drug-likeness (QED) is 0.482. The van der Waals surface area contributed by atoms with Crippen LogP contribution >= 0.6 is 0 Å². The summed E-state index contributed by atoms with van der Waals surface area (Å²) in [5.41, 5.74) is 1.83. The number of para-hydroxylation sites is 1. The van der Waals surface area contributed by atoms with Gasteiger partial charge in [0.05, 0.1) is 11.0 Å². The van der Waals surface area contributed by atoms with Crippen molar-refractivity contribution in [2.24, 2.45) is 0 Å². The molecule has 5 nitrogen and oxygen atoms in total. The van der Waals surface area contributed by atoms with Gasteiger partial charge >= 0.3 is 0 Å². The van der Waals surface area contributed by atoms with Crippen molar-refractivity contribution in [2.75, 3.05) is 11.9 Å². The molecule has 0 saturated carbocycles. The highest BCUT2D eigenvalue weighted by Crippen LogP contribution is 2.25. The van der Waals surface area contributed by atoms with E-state index in [4.69, 9.17) is 4.74 Å². The largest absolute Gasteiger partial charge is 0.457 e. The van der Waals surface area contributed by atoms with Crippen molar-refractivity contribution in [3.8, 4) is 11.5 Å². The third-order valence-corrected chi connectivity index (χ3v) is 4.46. The lowest BCUT2D eigenvalue weighted by Crippen LogP contribution is -2.26. The fourth-order valence-corrected chi connectivity index (χ4v) is 2.94. The molecule has 0 aliphatic carbocycles. The molecule has 4 aromatic rings. The van der Waals surface area contributed by atoms with Gasteiger partial charge in [0.25, 0.3) is 12.3 Å². The number of rotatable bonds is 5. The number of imidazole rings is 1. The highest BCUT2D eigenvalue weighted by Gasteiger charge is 2.17. The maximum absolute atomic E-state index is 12.8. The van der Waals surface area contributed by atoms with E-state index in [-0.39, 0.29) is 5.91 Å².